The molecule has 2 fully saturated rings. The highest BCUT2D eigenvalue weighted by Crippen LogP contribution is 2.49. The van der Waals surface area contributed by atoms with Crippen molar-refractivity contribution in [2.24, 2.45) is 17.8 Å². The minimum atomic E-state index is -0.396. The third-order valence-electron chi connectivity index (χ3n) is 7.71. The van der Waals surface area contributed by atoms with Crippen molar-refractivity contribution in [3.05, 3.63) is 64.3 Å². The summed E-state index contributed by atoms with van der Waals surface area (Å²) in [6, 6.07) is 10.8. The summed E-state index contributed by atoms with van der Waals surface area (Å²) in [5, 5.41) is 13.4. The molecule has 1 amide bonds. The van der Waals surface area contributed by atoms with Crippen LogP contribution in [0.3, 0.4) is 0 Å². The summed E-state index contributed by atoms with van der Waals surface area (Å²) < 4.78 is 1.82. The van der Waals surface area contributed by atoms with E-state index < -0.39 is 5.92 Å². The van der Waals surface area contributed by atoms with Gasteiger partial charge in [0, 0.05) is 49.6 Å². The van der Waals surface area contributed by atoms with Gasteiger partial charge >= 0.3 is 0 Å². The lowest BCUT2D eigenvalue weighted by atomic mass is 9.86. The zero-order valence-electron chi connectivity index (χ0n) is 18.4. The lowest BCUT2D eigenvalue weighted by Gasteiger charge is -2.40. The zero-order chi connectivity index (χ0) is 22.1. The summed E-state index contributed by atoms with van der Waals surface area (Å²) in [7, 11) is 0. The van der Waals surface area contributed by atoms with Gasteiger partial charge in [0.25, 0.3) is 5.56 Å². The van der Waals surface area contributed by atoms with Gasteiger partial charge in [-0.2, -0.15) is 0 Å². The molecule has 32 heavy (non-hydrogen) atoms. The predicted octanol–water partition coefficient (Wildman–Crippen LogP) is 2.10. The van der Waals surface area contributed by atoms with E-state index in [1.807, 2.05) is 28.8 Å². The Balaban J connectivity index is 1.46. The first-order chi connectivity index (χ1) is 15.7. The normalized spacial score (nSPS) is 27.8. The van der Waals surface area contributed by atoms with Crippen molar-refractivity contribution in [2.75, 3.05) is 13.2 Å². The largest absolute Gasteiger partial charge is 0.396 e. The first-order valence-corrected chi connectivity index (χ1v) is 11.9. The molecule has 2 aromatic rings. The standard InChI is InChI=1S/C25H32N4O3/c30-16-19-21-15-28-20(10-6-11-22(28)31)24(29(21)14-17-7-2-1-3-8-17)23(19)25(32)27-13-18-9-4-5-12-26-18/h4-6,9-12,17,19,21,23-24,30H,1-3,7-8,13-16H2,(H,27,32)/t19-,21-,23+,24+/m0/s1. The molecular weight excluding hydrogens is 404 g/mol. The van der Waals surface area contributed by atoms with Crippen LogP contribution >= 0.6 is 0 Å². The molecule has 2 bridgehead atoms. The molecular formula is C25H32N4O3. The maximum Gasteiger partial charge on any atom is 0.250 e. The van der Waals surface area contributed by atoms with E-state index in [0.717, 1.165) is 17.9 Å². The van der Waals surface area contributed by atoms with Gasteiger partial charge in [0.15, 0.2) is 0 Å². The van der Waals surface area contributed by atoms with E-state index in [0.29, 0.717) is 19.0 Å². The van der Waals surface area contributed by atoms with Gasteiger partial charge in [0.1, 0.15) is 0 Å². The smallest absolute Gasteiger partial charge is 0.250 e. The van der Waals surface area contributed by atoms with Crippen molar-refractivity contribution >= 4 is 5.91 Å². The number of pyridine rings is 2. The van der Waals surface area contributed by atoms with E-state index in [1.54, 1.807) is 18.3 Å². The number of rotatable bonds is 6. The first kappa shape index (κ1) is 21.3. The number of carbonyl (C=O) groups excluding carboxylic acids is 1. The molecule has 3 aliphatic rings. The fourth-order valence-electron chi connectivity index (χ4n) is 6.19. The van der Waals surface area contributed by atoms with Gasteiger partial charge in [-0.1, -0.05) is 31.4 Å². The first-order valence-electron chi connectivity index (χ1n) is 11.9. The molecule has 0 unspecified atom stereocenters. The molecule has 0 radical (unpaired) electrons. The van der Waals surface area contributed by atoms with E-state index >= 15 is 0 Å². The topological polar surface area (TPSA) is 87.5 Å². The molecule has 4 atom stereocenters. The Labute approximate surface area is 188 Å². The summed E-state index contributed by atoms with van der Waals surface area (Å²) in [6.45, 7) is 1.76. The molecule has 7 heteroatoms. The van der Waals surface area contributed by atoms with Crippen molar-refractivity contribution < 1.29 is 9.90 Å². The molecule has 0 spiro atoms. The molecule has 1 saturated carbocycles. The number of carbonyl (C=O) groups is 1. The van der Waals surface area contributed by atoms with Crippen molar-refractivity contribution in [2.45, 2.75) is 57.3 Å². The summed E-state index contributed by atoms with van der Waals surface area (Å²) >= 11 is 0. The molecule has 7 nitrogen and oxygen atoms in total. The Morgan fingerprint density at radius 1 is 1.12 bits per heavy atom. The van der Waals surface area contributed by atoms with Gasteiger partial charge in [0.05, 0.1) is 24.2 Å². The molecule has 1 saturated heterocycles. The quantitative estimate of drug-likeness (QED) is 0.724. The molecule has 170 valence electrons. The molecule has 2 aliphatic heterocycles. The predicted molar refractivity (Wildman–Crippen MR) is 121 cm³/mol. The Hall–Kier alpha value is -2.51. The Morgan fingerprint density at radius 2 is 1.97 bits per heavy atom. The maximum atomic E-state index is 13.5. The second-order valence-electron chi connectivity index (χ2n) is 9.52. The maximum absolute atomic E-state index is 13.5. The molecule has 2 aromatic heterocycles. The SMILES string of the molecule is O=C(NCc1ccccn1)[C@@H]1[C@@H](CO)[C@@H]2Cn3c(cccc3=O)[C@H]1N2CC1CCCCC1. The highest BCUT2D eigenvalue weighted by molar-refractivity contribution is 5.80. The van der Waals surface area contributed by atoms with E-state index in [4.69, 9.17) is 0 Å². The van der Waals surface area contributed by atoms with Gasteiger partial charge in [-0.15, -0.1) is 0 Å². The van der Waals surface area contributed by atoms with Crippen molar-refractivity contribution in [3.8, 4) is 0 Å². The van der Waals surface area contributed by atoms with Gasteiger partial charge in [0.2, 0.25) is 5.91 Å². The zero-order valence-corrected chi connectivity index (χ0v) is 18.4. The van der Waals surface area contributed by atoms with Crippen LogP contribution in [-0.4, -0.2) is 44.7 Å². The Bertz CT molecular complexity index is 1000. The average molecular weight is 437 g/mol. The van der Waals surface area contributed by atoms with Crippen LogP contribution in [0.5, 0.6) is 0 Å². The fourth-order valence-corrected chi connectivity index (χ4v) is 6.19. The minimum Gasteiger partial charge on any atom is -0.396 e. The molecule has 2 N–H and O–H groups in total. The monoisotopic (exact) mass is 436 g/mol. The summed E-state index contributed by atoms with van der Waals surface area (Å²) in [5.74, 6) is -0.0505. The van der Waals surface area contributed by atoms with Gasteiger partial charge in [-0.25, -0.2) is 0 Å². The van der Waals surface area contributed by atoms with Crippen LogP contribution < -0.4 is 10.9 Å². The molecule has 0 aromatic carbocycles. The highest BCUT2D eigenvalue weighted by Gasteiger charge is 2.55. The lowest BCUT2D eigenvalue weighted by molar-refractivity contribution is -0.127. The van der Waals surface area contributed by atoms with Gasteiger partial charge < -0.3 is 15.0 Å². The van der Waals surface area contributed by atoms with Crippen LogP contribution in [0.4, 0.5) is 0 Å². The second kappa shape index (κ2) is 9.16. The number of hydrogen-bond acceptors (Lipinski definition) is 5. The summed E-state index contributed by atoms with van der Waals surface area (Å²) in [4.78, 5) is 32.9. The van der Waals surface area contributed by atoms with Gasteiger partial charge in [-0.3, -0.25) is 19.5 Å². The van der Waals surface area contributed by atoms with E-state index in [-0.39, 0.29) is 36.1 Å². The number of nitrogens with zero attached hydrogens (tertiary/aromatic N) is 3. The summed E-state index contributed by atoms with van der Waals surface area (Å²) in [5.41, 5.74) is 1.68. The molecule has 5 rings (SSSR count). The Morgan fingerprint density at radius 3 is 2.72 bits per heavy atom. The average Bonchev–Trinajstić information content (AvgIpc) is 3.03. The number of aliphatic hydroxyl groups excluding tert-OH is 1. The highest BCUT2D eigenvalue weighted by atomic mass is 16.3. The number of nitrogens with one attached hydrogen (secondary N) is 1. The fraction of sp³-hybridized carbons (Fsp3) is 0.560. The summed E-state index contributed by atoms with van der Waals surface area (Å²) in [6.07, 6.45) is 7.99. The lowest BCUT2D eigenvalue weighted by Crippen LogP contribution is -2.48. The number of aromatic nitrogens is 2. The molecule has 4 heterocycles. The van der Waals surface area contributed by atoms with E-state index in [1.165, 1.54) is 32.1 Å². The van der Waals surface area contributed by atoms with Crippen molar-refractivity contribution in [1.82, 2.24) is 19.8 Å². The Kier molecular flexibility index (Phi) is 6.11. The minimum absolute atomic E-state index is 0.00914. The molecule has 1 aliphatic carbocycles. The van der Waals surface area contributed by atoms with E-state index in [9.17, 15) is 14.7 Å². The van der Waals surface area contributed by atoms with Crippen molar-refractivity contribution in [1.29, 1.82) is 0 Å². The van der Waals surface area contributed by atoms with Crippen LogP contribution in [0.15, 0.2) is 47.4 Å². The van der Waals surface area contributed by atoms with E-state index in [2.05, 4.69) is 15.2 Å². The number of aliphatic hydroxyl groups is 1. The third-order valence-corrected chi connectivity index (χ3v) is 7.71. The second-order valence-corrected chi connectivity index (χ2v) is 9.52. The van der Waals surface area contributed by atoms with Crippen molar-refractivity contribution in [3.63, 3.8) is 0 Å². The number of hydrogen-bond donors (Lipinski definition) is 2. The number of fused-ring (bicyclic) bond motifs is 4. The number of amides is 1. The third kappa shape index (κ3) is 3.88. The van der Waals surface area contributed by atoms with Crippen LogP contribution in [-0.2, 0) is 17.9 Å². The van der Waals surface area contributed by atoms with Crippen LogP contribution in [0.25, 0.3) is 0 Å². The van der Waals surface area contributed by atoms with Crippen LogP contribution in [0, 0.1) is 17.8 Å². The van der Waals surface area contributed by atoms with Crippen LogP contribution in [0.1, 0.15) is 49.5 Å². The van der Waals surface area contributed by atoms with Gasteiger partial charge in [-0.05, 0) is 37.0 Å². The van der Waals surface area contributed by atoms with Crippen LogP contribution in [0.2, 0.25) is 0 Å².